The summed E-state index contributed by atoms with van der Waals surface area (Å²) in [7, 11) is 0. The minimum atomic E-state index is -0.505. The van der Waals surface area contributed by atoms with Gasteiger partial charge in [-0.25, -0.2) is 0 Å². The lowest BCUT2D eigenvalue weighted by atomic mass is 9.93. The largest absolute Gasteiger partial charge is 0.392 e. The Bertz CT molecular complexity index is 759. The first-order valence-corrected chi connectivity index (χ1v) is 6.69. The Kier molecular flexibility index (Phi) is 3.07. The zero-order chi connectivity index (χ0) is 15.0. The molecule has 21 heavy (non-hydrogen) atoms. The van der Waals surface area contributed by atoms with Gasteiger partial charge in [0.25, 0.3) is 0 Å². The molecule has 1 saturated carbocycles. The molecule has 1 aliphatic rings. The molecule has 5 nitrogen and oxygen atoms in total. The molecule has 5 heteroatoms. The van der Waals surface area contributed by atoms with E-state index in [0.29, 0.717) is 11.5 Å². The van der Waals surface area contributed by atoms with Gasteiger partial charge in [0, 0.05) is 0 Å². The van der Waals surface area contributed by atoms with Crippen molar-refractivity contribution < 1.29 is 4.92 Å². The summed E-state index contributed by atoms with van der Waals surface area (Å²) in [6.07, 6.45) is 2.00. The fraction of sp³-hybridized carbons (Fsp3) is 0.188. The Balaban J connectivity index is 2.32. The van der Waals surface area contributed by atoms with Crippen LogP contribution in [-0.2, 0) is 0 Å². The van der Waals surface area contributed by atoms with Gasteiger partial charge >= 0.3 is 5.69 Å². The van der Waals surface area contributed by atoms with Crippen LogP contribution in [0.4, 0.5) is 11.4 Å². The zero-order valence-corrected chi connectivity index (χ0v) is 11.2. The van der Waals surface area contributed by atoms with Crippen molar-refractivity contribution >= 4 is 11.4 Å². The minimum absolute atomic E-state index is 0.0225. The van der Waals surface area contributed by atoms with Crippen molar-refractivity contribution in [3.05, 3.63) is 57.6 Å². The molecule has 0 spiro atoms. The van der Waals surface area contributed by atoms with E-state index < -0.39 is 4.92 Å². The van der Waals surface area contributed by atoms with E-state index in [1.807, 2.05) is 36.4 Å². The lowest BCUT2D eigenvalue weighted by Crippen LogP contribution is -2.04. The third-order valence-electron chi connectivity index (χ3n) is 3.76. The number of anilines is 1. The van der Waals surface area contributed by atoms with Gasteiger partial charge in [0.05, 0.1) is 16.1 Å². The van der Waals surface area contributed by atoms with Gasteiger partial charge in [-0.3, -0.25) is 10.1 Å². The van der Waals surface area contributed by atoms with Gasteiger partial charge in [0.2, 0.25) is 0 Å². The monoisotopic (exact) mass is 279 g/mol. The number of nitrogens with zero attached hydrogens (tertiary/aromatic N) is 2. The topological polar surface area (TPSA) is 92.9 Å². The van der Waals surface area contributed by atoms with Crippen molar-refractivity contribution in [1.29, 1.82) is 5.26 Å². The van der Waals surface area contributed by atoms with E-state index in [4.69, 9.17) is 5.73 Å². The van der Waals surface area contributed by atoms with Crippen molar-refractivity contribution in [1.82, 2.24) is 0 Å². The second-order valence-corrected chi connectivity index (χ2v) is 5.16. The smallest absolute Gasteiger partial charge is 0.301 e. The summed E-state index contributed by atoms with van der Waals surface area (Å²) in [6.45, 7) is 0. The Morgan fingerprint density at radius 2 is 1.95 bits per heavy atom. The first-order chi connectivity index (χ1) is 10.1. The molecule has 0 amide bonds. The summed E-state index contributed by atoms with van der Waals surface area (Å²) in [5, 5.41) is 20.7. The van der Waals surface area contributed by atoms with Crippen molar-refractivity contribution in [2.45, 2.75) is 18.8 Å². The minimum Gasteiger partial charge on any atom is -0.392 e. The number of nitriles is 1. The Hall–Kier alpha value is -2.87. The quantitative estimate of drug-likeness (QED) is 0.527. The number of benzene rings is 2. The highest BCUT2D eigenvalue weighted by atomic mass is 16.6. The van der Waals surface area contributed by atoms with Crippen LogP contribution in [0.5, 0.6) is 0 Å². The normalized spacial score (nSPS) is 13.7. The van der Waals surface area contributed by atoms with Crippen molar-refractivity contribution in [3.63, 3.8) is 0 Å². The molecule has 2 aromatic carbocycles. The number of hydrogen-bond acceptors (Lipinski definition) is 4. The molecule has 1 fully saturated rings. The number of rotatable bonds is 3. The predicted octanol–water partition coefficient (Wildman–Crippen LogP) is 3.59. The molecule has 0 unspecified atom stereocenters. The van der Waals surface area contributed by atoms with Gasteiger partial charge in [0.1, 0.15) is 11.8 Å². The summed E-state index contributed by atoms with van der Waals surface area (Å²) in [5.41, 5.74) is 8.04. The molecule has 3 rings (SSSR count). The number of nitrogens with two attached hydrogens (primary N) is 1. The van der Waals surface area contributed by atoms with E-state index >= 15 is 0 Å². The maximum absolute atomic E-state index is 11.4. The third-order valence-corrected chi connectivity index (χ3v) is 3.76. The summed E-state index contributed by atoms with van der Waals surface area (Å²) in [6, 6.07) is 12.9. The highest BCUT2D eigenvalue weighted by Crippen LogP contribution is 2.47. The van der Waals surface area contributed by atoms with E-state index in [9.17, 15) is 15.4 Å². The number of nitrogen functional groups attached to an aromatic ring is 1. The van der Waals surface area contributed by atoms with Gasteiger partial charge in [-0.05, 0) is 36.0 Å². The second kappa shape index (κ2) is 4.91. The van der Waals surface area contributed by atoms with Crippen molar-refractivity contribution in [2.75, 3.05) is 5.73 Å². The van der Waals surface area contributed by atoms with E-state index in [1.54, 1.807) is 6.07 Å². The zero-order valence-electron chi connectivity index (χ0n) is 11.2. The summed E-state index contributed by atoms with van der Waals surface area (Å²) >= 11 is 0. The highest BCUT2D eigenvalue weighted by molar-refractivity contribution is 5.86. The van der Waals surface area contributed by atoms with E-state index in [-0.39, 0.29) is 16.9 Å². The molecule has 0 radical (unpaired) electrons. The van der Waals surface area contributed by atoms with E-state index in [2.05, 4.69) is 0 Å². The molecular weight excluding hydrogens is 266 g/mol. The first kappa shape index (κ1) is 13.1. The van der Waals surface area contributed by atoms with Crippen LogP contribution in [0.2, 0.25) is 0 Å². The van der Waals surface area contributed by atoms with Crippen LogP contribution in [-0.4, -0.2) is 4.92 Å². The van der Waals surface area contributed by atoms with Gasteiger partial charge in [0.15, 0.2) is 0 Å². The maximum atomic E-state index is 11.4. The van der Waals surface area contributed by atoms with Crippen LogP contribution >= 0.6 is 0 Å². The van der Waals surface area contributed by atoms with Crippen LogP contribution in [0.25, 0.3) is 11.1 Å². The van der Waals surface area contributed by atoms with Gasteiger partial charge in [-0.15, -0.1) is 0 Å². The van der Waals surface area contributed by atoms with Gasteiger partial charge in [-0.1, -0.05) is 30.3 Å². The lowest BCUT2D eigenvalue weighted by molar-refractivity contribution is -0.383. The predicted molar refractivity (Wildman–Crippen MR) is 79.6 cm³/mol. The molecule has 2 N–H and O–H groups in total. The van der Waals surface area contributed by atoms with E-state index in [0.717, 1.165) is 24.0 Å². The fourth-order valence-electron chi connectivity index (χ4n) is 2.59. The SMILES string of the molecule is N#Cc1c(C2CC2)cc(-c2ccccc2)c([N+](=O)[O-])c1N. The van der Waals surface area contributed by atoms with Crippen LogP contribution in [0.3, 0.4) is 0 Å². The number of nitro groups is 1. The molecule has 1 aliphatic carbocycles. The van der Waals surface area contributed by atoms with E-state index in [1.165, 1.54) is 0 Å². The van der Waals surface area contributed by atoms with Crippen LogP contribution in [0, 0.1) is 21.4 Å². The number of nitro benzene ring substituents is 1. The van der Waals surface area contributed by atoms with Crippen LogP contribution in [0.1, 0.15) is 29.9 Å². The summed E-state index contributed by atoms with van der Waals surface area (Å²) < 4.78 is 0. The molecule has 0 aliphatic heterocycles. The first-order valence-electron chi connectivity index (χ1n) is 6.69. The Morgan fingerprint density at radius 1 is 1.29 bits per heavy atom. The molecule has 2 aromatic rings. The van der Waals surface area contributed by atoms with Gasteiger partial charge in [-0.2, -0.15) is 5.26 Å². The van der Waals surface area contributed by atoms with Crippen LogP contribution in [0.15, 0.2) is 36.4 Å². The molecule has 0 saturated heterocycles. The molecular formula is C16H13N3O2. The van der Waals surface area contributed by atoms with Gasteiger partial charge < -0.3 is 5.73 Å². The highest BCUT2D eigenvalue weighted by Gasteiger charge is 2.32. The van der Waals surface area contributed by atoms with Crippen molar-refractivity contribution in [3.8, 4) is 17.2 Å². The summed E-state index contributed by atoms with van der Waals surface area (Å²) in [5.74, 6) is 0.296. The Labute approximate surface area is 121 Å². The third kappa shape index (κ3) is 2.21. The molecule has 104 valence electrons. The molecule has 0 heterocycles. The maximum Gasteiger partial charge on any atom is 0.301 e. The standard InChI is InChI=1S/C16H13N3O2/c17-9-14-12(11-6-7-11)8-13(10-4-2-1-3-5-10)16(15(14)18)19(20)21/h1-5,8,11H,6-7,18H2. The Morgan fingerprint density at radius 3 is 2.48 bits per heavy atom. The molecule has 0 aromatic heterocycles. The average Bonchev–Trinajstić information content (AvgIpc) is 3.31. The molecule has 0 atom stereocenters. The fourth-order valence-corrected chi connectivity index (χ4v) is 2.59. The second-order valence-electron chi connectivity index (χ2n) is 5.16. The lowest BCUT2D eigenvalue weighted by Gasteiger charge is -2.11. The summed E-state index contributed by atoms with van der Waals surface area (Å²) in [4.78, 5) is 10.9. The average molecular weight is 279 g/mol. The van der Waals surface area contributed by atoms with Crippen molar-refractivity contribution in [2.24, 2.45) is 0 Å². The molecule has 0 bridgehead atoms. The number of hydrogen-bond donors (Lipinski definition) is 1. The van der Waals surface area contributed by atoms with Crippen LogP contribution < -0.4 is 5.73 Å².